The highest BCUT2D eigenvalue weighted by molar-refractivity contribution is 7.99. The fourth-order valence-electron chi connectivity index (χ4n) is 2.08. The molecule has 2 fully saturated rings. The van der Waals surface area contributed by atoms with Crippen molar-refractivity contribution in [2.45, 2.75) is 25.1 Å². The van der Waals surface area contributed by atoms with E-state index in [1.807, 2.05) is 11.8 Å². The molecule has 2 saturated heterocycles. The Balaban J connectivity index is 1.97. The molecule has 0 saturated carbocycles. The summed E-state index contributed by atoms with van der Waals surface area (Å²) in [4.78, 5) is 2.40. The van der Waals surface area contributed by atoms with Gasteiger partial charge in [0.05, 0.1) is 25.4 Å². The monoisotopic (exact) mass is 203 g/mol. The van der Waals surface area contributed by atoms with Gasteiger partial charge in [-0.1, -0.05) is 0 Å². The lowest BCUT2D eigenvalue weighted by molar-refractivity contribution is 0.0669. The Hall–Kier alpha value is 0.230. The zero-order valence-corrected chi connectivity index (χ0v) is 8.80. The summed E-state index contributed by atoms with van der Waals surface area (Å²) in [5, 5.41) is 9.69. The van der Waals surface area contributed by atoms with Gasteiger partial charge >= 0.3 is 0 Å². The van der Waals surface area contributed by atoms with E-state index in [0.717, 1.165) is 6.54 Å². The van der Waals surface area contributed by atoms with E-state index in [-0.39, 0.29) is 12.1 Å². The Morgan fingerprint density at radius 1 is 1.46 bits per heavy atom. The first kappa shape index (κ1) is 9.77. The molecule has 2 rings (SSSR count). The normalized spacial score (nSPS) is 42.5. The lowest BCUT2D eigenvalue weighted by Gasteiger charge is -2.38. The second-order valence-corrected chi connectivity index (χ2v) is 4.98. The molecule has 0 aliphatic carbocycles. The van der Waals surface area contributed by atoms with Crippen molar-refractivity contribution in [3.8, 4) is 0 Å². The molecule has 1 N–H and O–H groups in total. The second kappa shape index (κ2) is 4.17. The van der Waals surface area contributed by atoms with Crippen LogP contribution >= 0.6 is 11.8 Å². The Morgan fingerprint density at radius 2 is 2.31 bits per heavy atom. The van der Waals surface area contributed by atoms with Crippen LogP contribution in [0.1, 0.15) is 6.92 Å². The van der Waals surface area contributed by atoms with Gasteiger partial charge < -0.3 is 9.84 Å². The minimum absolute atomic E-state index is 0.246. The van der Waals surface area contributed by atoms with Crippen LogP contribution < -0.4 is 0 Å². The van der Waals surface area contributed by atoms with Crippen molar-refractivity contribution in [2.24, 2.45) is 0 Å². The number of thioether (sulfide) groups is 1. The van der Waals surface area contributed by atoms with Crippen molar-refractivity contribution in [2.75, 3.05) is 31.3 Å². The van der Waals surface area contributed by atoms with E-state index in [4.69, 9.17) is 4.74 Å². The van der Waals surface area contributed by atoms with E-state index in [0.29, 0.717) is 19.3 Å². The summed E-state index contributed by atoms with van der Waals surface area (Å²) in [5.41, 5.74) is 0. The summed E-state index contributed by atoms with van der Waals surface area (Å²) in [6, 6.07) is 0.830. The molecule has 0 bridgehead atoms. The molecule has 0 aromatic rings. The number of hydrogen-bond acceptors (Lipinski definition) is 4. The van der Waals surface area contributed by atoms with E-state index >= 15 is 0 Å². The number of aliphatic hydroxyl groups excluding tert-OH is 1. The summed E-state index contributed by atoms with van der Waals surface area (Å²) in [5.74, 6) is 2.37. The van der Waals surface area contributed by atoms with Crippen LogP contribution in [-0.4, -0.2) is 59.5 Å². The molecular formula is C9H17NO2S. The molecule has 0 aromatic heterocycles. The van der Waals surface area contributed by atoms with Gasteiger partial charge in [0.15, 0.2) is 0 Å². The van der Waals surface area contributed by atoms with Gasteiger partial charge in [0.25, 0.3) is 0 Å². The fourth-order valence-corrected chi connectivity index (χ4v) is 3.12. The van der Waals surface area contributed by atoms with Crippen LogP contribution in [0.2, 0.25) is 0 Å². The lowest BCUT2D eigenvalue weighted by atomic mass is 10.1. The number of nitrogens with zero attached hydrogens (tertiary/aromatic N) is 1. The van der Waals surface area contributed by atoms with Crippen LogP contribution in [0, 0.1) is 0 Å². The topological polar surface area (TPSA) is 32.7 Å². The third-order valence-electron chi connectivity index (χ3n) is 2.87. The number of ether oxygens (including phenoxy) is 1. The third kappa shape index (κ3) is 2.01. The molecular weight excluding hydrogens is 186 g/mol. The van der Waals surface area contributed by atoms with Crippen LogP contribution in [0.15, 0.2) is 0 Å². The van der Waals surface area contributed by atoms with Crippen LogP contribution in [0.4, 0.5) is 0 Å². The van der Waals surface area contributed by atoms with E-state index < -0.39 is 0 Å². The number of aliphatic hydroxyl groups is 1. The minimum Gasteiger partial charge on any atom is -0.389 e. The number of rotatable bonds is 1. The first-order valence-corrected chi connectivity index (χ1v) is 6.04. The van der Waals surface area contributed by atoms with Crippen LogP contribution in [0.3, 0.4) is 0 Å². The highest BCUT2D eigenvalue weighted by atomic mass is 32.2. The van der Waals surface area contributed by atoms with E-state index in [9.17, 15) is 5.11 Å². The average molecular weight is 203 g/mol. The molecule has 2 heterocycles. The maximum Gasteiger partial charge on any atom is 0.0950 e. The summed E-state index contributed by atoms with van der Waals surface area (Å²) in [6.07, 6.45) is -0.273. The first-order chi connectivity index (χ1) is 6.29. The van der Waals surface area contributed by atoms with Crippen molar-refractivity contribution in [1.82, 2.24) is 4.90 Å². The molecule has 0 aromatic carbocycles. The minimum atomic E-state index is -0.273. The van der Waals surface area contributed by atoms with Gasteiger partial charge in [-0.2, -0.15) is 11.8 Å². The smallest absolute Gasteiger partial charge is 0.0950 e. The van der Waals surface area contributed by atoms with E-state index in [1.165, 1.54) is 11.5 Å². The summed E-state index contributed by atoms with van der Waals surface area (Å²) < 4.78 is 5.27. The Bertz CT molecular complexity index is 179. The molecule has 3 atom stereocenters. The fraction of sp³-hybridized carbons (Fsp3) is 1.00. The highest BCUT2D eigenvalue weighted by Gasteiger charge is 2.35. The molecule has 0 radical (unpaired) electrons. The molecule has 0 spiro atoms. The predicted octanol–water partition coefficient (Wildman–Crippen LogP) is 0.183. The van der Waals surface area contributed by atoms with Gasteiger partial charge in [-0.3, -0.25) is 4.90 Å². The second-order valence-electron chi connectivity index (χ2n) is 3.83. The molecule has 0 amide bonds. The Labute approximate surface area is 83.4 Å². The third-order valence-corrected chi connectivity index (χ3v) is 4.06. The predicted molar refractivity (Wildman–Crippen MR) is 54.1 cm³/mol. The van der Waals surface area contributed by atoms with Crippen molar-refractivity contribution in [3.63, 3.8) is 0 Å². The molecule has 4 heteroatoms. The van der Waals surface area contributed by atoms with Crippen LogP contribution in [0.25, 0.3) is 0 Å². The lowest BCUT2D eigenvalue weighted by Crippen LogP contribution is -2.51. The maximum atomic E-state index is 9.69. The van der Waals surface area contributed by atoms with E-state index in [2.05, 4.69) is 11.8 Å². The SMILES string of the molecule is CC1CSCCN1C1COCC1O. The largest absolute Gasteiger partial charge is 0.389 e. The van der Waals surface area contributed by atoms with Gasteiger partial charge in [0.1, 0.15) is 0 Å². The molecule has 3 unspecified atom stereocenters. The molecule has 2 aliphatic rings. The molecule has 13 heavy (non-hydrogen) atoms. The summed E-state index contributed by atoms with van der Waals surface area (Å²) >= 11 is 2.00. The van der Waals surface area contributed by atoms with Gasteiger partial charge in [0.2, 0.25) is 0 Å². The quantitative estimate of drug-likeness (QED) is 0.659. The Morgan fingerprint density at radius 3 is 2.92 bits per heavy atom. The maximum absolute atomic E-state index is 9.69. The average Bonchev–Trinajstić information content (AvgIpc) is 2.52. The Kier molecular flexibility index (Phi) is 3.14. The zero-order chi connectivity index (χ0) is 9.26. The highest BCUT2D eigenvalue weighted by Crippen LogP contribution is 2.22. The van der Waals surface area contributed by atoms with Crippen molar-refractivity contribution in [3.05, 3.63) is 0 Å². The van der Waals surface area contributed by atoms with Crippen LogP contribution in [0.5, 0.6) is 0 Å². The zero-order valence-electron chi connectivity index (χ0n) is 7.98. The summed E-state index contributed by atoms with van der Waals surface area (Å²) in [7, 11) is 0. The van der Waals surface area contributed by atoms with Crippen molar-refractivity contribution < 1.29 is 9.84 Å². The standard InChI is InChI=1S/C9H17NO2S/c1-7-6-13-3-2-10(7)8-4-12-5-9(8)11/h7-9,11H,2-6H2,1H3. The van der Waals surface area contributed by atoms with Crippen LogP contribution in [-0.2, 0) is 4.74 Å². The molecule has 2 aliphatic heterocycles. The van der Waals surface area contributed by atoms with Gasteiger partial charge in [0, 0.05) is 24.1 Å². The van der Waals surface area contributed by atoms with Gasteiger partial charge in [-0.25, -0.2) is 0 Å². The molecule has 76 valence electrons. The van der Waals surface area contributed by atoms with Gasteiger partial charge in [-0.05, 0) is 6.92 Å². The van der Waals surface area contributed by atoms with Crippen molar-refractivity contribution in [1.29, 1.82) is 0 Å². The van der Waals surface area contributed by atoms with Crippen molar-refractivity contribution >= 4 is 11.8 Å². The van der Waals surface area contributed by atoms with Gasteiger partial charge in [-0.15, -0.1) is 0 Å². The first-order valence-electron chi connectivity index (χ1n) is 4.88. The number of hydrogen-bond donors (Lipinski definition) is 1. The van der Waals surface area contributed by atoms with E-state index in [1.54, 1.807) is 0 Å². The molecule has 3 nitrogen and oxygen atoms in total. The summed E-state index contributed by atoms with van der Waals surface area (Å²) in [6.45, 7) is 4.55.